The van der Waals surface area contributed by atoms with Crippen LogP contribution in [0.2, 0.25) is 0 Å². The Morgan fingerprint density at radius 1 is 0.894 bits per heavy atom. The van der Waals surface area contributed by atoms with Crippen molar-refractivity contribution in [2.24, 2.45) is 5.41 Å². The van der Waals surface area contributed by atoms with Crippen molar-refractivity contribution < 1.29 is 28.7 Å². The van der Waals surface area contributed by atoms with E-state index in [1.54, 1.807) is 30.9 Å². The number of fused-ring (bicyclic) bond motifs is 1. The van der Waals surface area contributed by atoms with E-state index in [2.05, 4.69) is 53.4 Å². The Bertz CT molecular complexity index is 1470. The van der Waals surface area contributed by atoms with Gasteiger partial charge in [-0.2, -0.15) is 4.48 Å². The third-order valence-corrected chi connectivity index (χ3v) is 10.3. The highest BCUT2D eigenvalue weighted by atomic mass is 35.5. The van der Waals surface area contributed by atoms with Crippen LogP contribution in [0.25, 0.3) is 0 Å². The van der Waals surface area contributed by atoms with Gasteiger partial charge in [-0.3, -0.25) is 4.90 Å². The second kappa shape index (κ2) is 15.6. The molecule has 0 aliphatic carbocycles. The van der Waals surface area contributed by atoms with Crippen molar-refractivity contribution in [2.45, 2.75) is 71.6 Å². The first-order valence-electron chi connectivity index (χ1n) is 16.6. The molecule has 8 nitrogen and oxygen atoms in total. The maximum Gasteiger partial charge on any atom is 0.431 e. The summed E-state index contributed by atoms with van der Waals surface area (Å²) in [6.07, 6.45) is 3.65. The van der Waals surface area contributed by atoms with Gasteiger partial charge in [0, 0.05) is 19.6 Å². The van der Waals surface area contributed by atoms with Crippen molar-refractivity contribution in [3.63, 3.8) is 0 Å². The quantitative estimate of drug-likeness (QED) is 0.159. The molecule has 0 radical (unpaired) electrons. The Morgan fingerprint density at radius 3 is 1.98 bits per heavy atom. The number of halogens is 1. The largest absolute Gasteiger partial charge is 0.549 e. The lowest BCUT2D eigenvalue weighted by Gasteiger charge is -2.48. The number of urea groups is 1. The molecule has 0 saturated carbocycles. The zero-order valence-electron chi connectivity index (χ0n) is 28.0. The molecule has 2 aliphatic heterocycles. The van der Waals surface area contributed by atoms with E-state index >= 15 is 0 Å². The summed E-state index contributed by atoms with van der Waals surface area (Å²) in [5.41, 5.74) is 1.99. The van der Waals surface area contributed by atoms with Gasteiger partial charge in [-0.05, 0) is 83.2 Å². The average molecular weight is 662 g/mol. The van der Waals surface area contributed by atoms with Crippen molar-refractivity contribution >= 4 is 36.0 Å². The molecular formula is C38H48ClN3O5. The third-order valence-electron chi connectivity index (χ3n) is 10.3. The van der Waals surface area contributed by atoms with Gasteiger partial charge in [0.15, 0.2) is 0 Å². The monoisotopic (exact) mass is 661 g/mol. The Hall–Kier alpha value is -3.56. The second-order valence-corrected chi connectivity index (χ2v) is 13.2. The number of aliphatic carboxylic acids is 1. The number of ether oxygens (including phenoxy) is 1. The highest BCUT2D eigenvalue weighted by Gasteiger charge is 2.59. The molecule has 1 fully saturated rings. The average Bonchev–Trinajstić information content (AvgIpc) is 3.08. The number of carboxylic acids is 1. The number of anilines is 1. The highest BCUT2D eigenvalue weighted by molar-refractivity contribution is 6.10. The molecule has 0 bridgehead atoms. The fourth-order valence-corrected chi connectivity index (χ4v) is 7.01. The molecular weight excluding hydrogens is 614 g/mol. The van der Waals surface area contributed by atoms with Gasteiger partial charge < -0.3 is 19.5 Å². The molecule has 2 aliphatic rings. The molecule has 0 N–H and O–H groups in total. The van der Waals surface area contributed by atoms with Crippen LogP contribution in [0.5, 0.6) is 0 Å². The van der Waals surface area contributed by atoms with Gasteiger partial charge >= 0.3 is 11.9 Å². The van der Waals surface area contributed by atoms with Crippen LogP contribution in [0.1, 0.15) is 81.0 Å². The molecule has 2 heterocycles. The smallest absolute Gasteiger partial charge is 0.431 e. The lowest BCUT2D eigenvalue weighted by molar-refractivity contribution is -0.799. The van der Waals surface area contributed by atoms with Crippen LogP contribution in [0.15, 0.2) is 84.9 Å². The van der Waals surface area contributed by atoms with Gasteiger partial charge in [-0.1, -0.05) is 72.8 Å². The van der Waals surface area contributed by atoms with E-state index in [9.17, 15) is 19.5 Å². The topological polar surface area (TPSA) is 90.0 Å². The van der Waals surface area contributed by atoms with E-state index in [1.807, 2.05) is 24.3 Å². The number of amides is 3. The number of carbonyl (C=O) groups is 3. The zero-order valence-corrected chi connectivity index (χ0v) is 28.8. The van der Waals surface area contributed by atoms with Crippen molar-refractivity contribution in [1.29, 1.82) is 0 Å². The van der Waals surface area contributed by atoms with E-state index in [0.717, 1.165) is 56.4 Å². The molecule has 0 aromatic heterocycles. The molecule has 3 aromatic carbocycles. The first-order chi connectivity index (χ1) is 22.1. The molecule has 3 amide bonds. The Balaban J connectivity index is 0.00000500. The normalized spacial score (nSPS) is 19.7. The van der Waals surface area contributed by atoms with Gasteiger partial charge in [0.2, 0.25) is 0 Å². The minimum atomic E-state index is -1.39. The molecule has 47 heavy (non-hydrogen) atoms. The van der Waals surface area contributed by atoms with Crippen LogP contribution in [0, 0.1) is 5.41 Å². The number of imide groups is 1. The predicted molar refractivity (Wildman–Crippen MR) is 184 cm³/mol. The molecule has 9 heteroatoms. The Morgan fingerprint density at radius 2 is 1.43 bits per heavy atom. The van der Waals surface area contributed by atoms with Crippen LogP contribution < -0.4 is 10.0 Å². The summed E-state index contributed by atoms with van der Waals surface area (Å²) in [4.78, 5) is 44.4. The maximum atomic E-state index is 14.2. The maximum absolute atomic E-state index is 14.2. The number of hydrogen-bond acceptors (Lipinski definition) is 6. The third kappa shape index (κ3) is 7.31. The summed E-state index contributed by atoms with van der Waals surface area (Å²) in [5, 5.41) is 12.1. The summed E-state index contributed by atoms with van der Waals surface area (Å²) >= 11 is 0. The van der Waals surface area contributed by atoms with Crippen molar-refractivity contribution in [2.75, 3.05) is 37.6 Å². The number of nitrogens with zero attached hydrogens (tertiary/aromatic N) is 3. The van der Waals surface area contributed by atoms with E-state index in [-0.39, 0.29) is 43.1 Å². The minimum absolute atomic E-state index is 0. The van der Waals surface area contributed by atoms with Gasteiger partial charge in [0.1, 0.15) is 17.7 Å². The van der Waals surface area contributed by atoms with Crippen LogP contribution in [0.4, 0.5) is 10.5 Å². The number of piperidine rings is 1. The number of likely N-dealkylation sites (tertiary alicyclic amines) is 1. The van der Waals surface area contributed by atoms with Crippen LogP contribution in [-0.2, 0) is 9.53 Å². The molecule has 5 rings (SSSR count). The Kier molecular flexibility index (Phi) is 12.0. The fourth-order valence-electron chi connectivity index (χ4n) is 7.01. The minimum Gasteiger partial charge on any atom is -0.549 e. The summed E-state index contributed by atoms with van der Waals surface area (Å²) in [5.74, 6) is -1.63. The SMILES string of the molecule is CC[N+]1(C(C)C(C)(C)C(=O)[O-])C(=O)c2ccccc2N(CCCCN2CCC(OC(c3ccccc3)c3ccccc3)CC2)C1=O.Cl. The van der Waals surface area contributed by atoms with Crippen molar-refractivity contribution in [1.82, 2.24) is 4.90 Å². The van der Waals surface area contributed by atoms with Gasteiger partial charge in [0.25, 0.3) is 0 Å². The fraction of sp³-hybridized carbons (Fsp3) is 0.447. The molecule has 0 spiro atoms. The Labute approximate surface area is 285 Å². The second-order valence-electron chi connectivity index (χ2n) is 13.2. The number of hydrogen-bond donors (Lipinski definition) is 0. The lowest BCUT2D eigenvalue weighted by Crippen LogP contribution is -2.72. The predicted octanol–water partition coefficient (Wildman–Crippen LogP) is 6.24. The number of unbranched alkanes of at least 4 members (excludes halogenated alkanes) is 1. The summed E-state index contributed by atoms with van der Waals surface area (Å²) < 4.78 is 6.15. The van der Waals surface area contributed by atoms with Gasteiger partial charge in [0.05, 0.1) is 29.7 Å². The first kappa shape index (κ1) is 36.3. The molecule has 1 saturated heterocycles. The van der Waals surface area contributed by atoms with E-state index < -0.39 is 21.9 Å². The number of quaternary nitrogens is 1. The van der Waals surface area contributed by atoms with Crippen molar-refractivity contribution in [3.05, 3.63) is 102 Å². The molecule has 2 atom stereocenters. The van der Waals surface area contributed by atoms with E-state index in [4.69, 9.17) is 4.74 Å². The van der Waals surface area contributed by atoms with Crippen molar-refractivity contribution in [3.8, 4) is 0 Å². The number of benzene rings is 3. The van der Waals surface area contributed by atoms with E-state index in [1.165, 1.54) is 13.8 Å². The van der Waals surface area contributed by atoms with Crippen LogP contribution in [0.3, 0.4) is 0 Å². The van der Waals surface area contributed by atoms with Gasteiger partial charge in [-0.15, -0.1) is 12.4 Å². The molecule has 252 valence electrons. The lowest BCUT2D eigenvalue weighted by atomic mass is 9.82. The summed E-state index contributed by atoms with van der Waals surface area (Å²) in [7, 11) is 0. The van der Waals surface area contributed by atoms with Crippen LogP contribution in [-0.4, -0.2) is 72.2 Å². The first-order valence-corrected chi connectivity index (χ1v) is 16.6. The standard InChI is InChI=1S/C38H47N3O5.ClH/c1-5-41(28(2)38(3,4)36(43)44)35(42)32-20-12-13-21-33(32)40(37(41)45)25-15-14-24-39-26-22-31(23-27-39)46-34(29-16-8-6-9-17-29)30-18-10-7-11-19-30;/h6-13,16-21,28,31,34H,5,14-15,22-27H2,1-4H3;1H. The zero-order chi connectivity index (χ0) is 32.9. The van der Waals surface area contributed by atoms with E-state index in [0.29, 0.717) is 17.8 Å². The number of para-hydroxylation sites is 1. The number of carboxylic acid groups (broad SMARTS) is 1. The number of carbonyl (C=O) groups excluding carboxylic acids is 3. The van der Waals surface area contributed by atoms with Gasteiger partial charge in [-0.25, -0.2) is 9.59 Å². The van der Waals surface area contributed by atoms with Crippen LogP contribution >= 0.6 is 12.4 Å². The summed E-state index contributed by atoms with van der Waals surface area (Å²) in [6, 6.07) is 26.8. The molecule has 3 aromatic rings. The summed E-state index contributed by atoms with van der Waals surface area (Å²) in [6.45, 7) is 9.95. The highest BCUT2D eigenvalue weighted by Crippen LogP contribution is 2.40. The molecule has 2 unspecified atom stereocenters. The number of rotatable bonds is 13.